The van der Waals surface area contributed by atoms with Gasteiger partial charge in [0.2, 0.25) is 5.91 Å². The summed E-state index contributed by atoms with van der Waals surface area (Å²) in [6, 6.07) is 5.48. The van der Waals surface area contributed by atoms with Gasteiger partial charge in [-0.2, -0.15) is 0 Å². The zero-order valence-electron chi connectivity index (χ0n) is 11.4. The first-order chi connectivity index (χ1) is 8.47. The number of carbonyl (C=O) groups excluding carboxylic acids is 1. The number of nitrogens with two attached hydrogens (primary N) is 1. The highest BCUT2D eigenvalue weighted by atomic mass is 16.5. The molecule has 0 atom stereocenters. The second-order valence-electron chi connectivity index (χ2n) is 4.27. The van der Waals surface area contributed by atoms with Crippen LogP contribution in [0.15, 0.2) is 18.2 Å². The molecule has 0 fully saturated rings. The lowest BCUT2D eigenvalue weighted by Crippen LogP contribution is -2.36. The van der Waals surface area contributed by atoms with E-state index in [1.807, 2.05) is 24.0 Å². The fraction of sp³-hybridized carbons (Fsp3) is 0.462. The number of rotatable bonds is 5. The highest BCUT2D eigenvalue weighted by molar-refractivity contribution is 5.81. The van der Waals surface area contributed by atoms with Gasteiger partial charge in [-0.25, -0.2) is 0 Å². The molecule has 0 bridgehead atoms. The molecule has 0 aliphatic heterocycles. The minimum absolute atomic E-state index is 0.0539. The quantitative estimate of drug-likeness (QED) is 0.799. The van der Waals surface area contributed by atoms with E-state index in [9.17, 15) is 4.79 Å². The summed E-state index contributed by atoms with van der Waals surface area (Å²) >= 11 is 0. The van der Waals surface area contributed by atoms with Crippen LogP contribution in [0.2, 0.25) is 0 Å². The van der Waals surface area contributed by atoms with E-state index in [4.69, 9.17) is 10.5 Å². The van der Waals surface area contributed by atoms with E-state index in [-0.39, 0.29) is 5.91 Å². The van der Waals surface area contributed by atoms with E-state index in [0.29, 0.717) is 18.0 Å². The average molecular weight is 251 g/mol. The number of carbonyl (C=O) groups is 1. The fourth-order valence-corrected chi connectivity index (χ4v) is 1.60. The molecule has 0 saturated carbocycles. The first kappa shape index (κ1) is 14.2. The largest absolute Gasteiger partial charge is 0.497 e. The Morgan fingerprint density at radius 1 is 1.33 bits per heavy atom. The van der Waals surface area contributed by atoms with Crippen LogP contribution >= 0.6 is 0 Å². The van der Waals surface area contributed by atoms with Gasteiger partial charge in [0, 0.05) is 44.1 Å². The lowest BCUT2D eigenvalue weighted by molar-refractivity contribution is -0.127. The molecule has 0 unspecified atom stereocenters. The molecule has 1 rings (SSSR count). The van der Waals surface area contributed by atoms with Crippen LogP contribution in [0.1, 0.15) is 6.92 Å². The number of hydrogen-bond acceptors (Lipinski definition) is 4. The Morgan fingerprint density at radius 2 is 2.00 bits per heavy atom. The van der Waals surface area contributed by atoms with Crippen molar-refractivity contribution in [3.8, 4) is 5.75 Å². The number of likely N-dealkylation sites (N-methyl/N-ethyl adjacent to an activating group) is 2. The highest BCUT2D eigenvalue weighted by Gasteiger charge is 2.12. The summed E-state index contributed by atoms with van der Waals surface area (Å²) in [4.78, 5) is 15.3. The Bertz CT molecular complexity index is 419. The Balaban J connectivity index is 2.94. The number of amides is 1. The van der Waals surface area contributed by atoms with E-state index < -0.39 is 0 Å². The lowest BCUT2D eigenvalue weighted by atomic mass is 10.2. The van der Waals surface area contributed by atoms with Gasteiger partial charge in [0.25, 0.3) is 0 Å². The minimum Gasteiger partial charge on any atom is -0.497 e. The summed E-state index contributed by atoms with van der Waals surface area (Å²) in [7, 11) is 5.09. The van der Waals surface area contributed by atoms with Gasteiger partial charge in [-0.15, -0.1) is 0 Å². The minimum atomic E-state index is 0.0539. The molecule has 0 heterocycles. The van der Waals surface area contributed by atoms with Crippen molar-refractivity contribution < 1.29 is 9.53 Å². The van der Waals surface area contributed by atoms with Crippen molar-refractivity contribution >= 4 is 17.3 Å². The van der Waals surface area contributed by atoms with Crippen molar-refractivity contribution in [2.24, 2.45) is 0 Å². The molecule has 5 heteroatoms. The van der Waals surface area contributed by atoms with Crippen molar-refractivity contribution in [1.82, 2.24) is 4.90 Å². The van der Waals surface area contributed by atoms with Gasteiger partial charge in [0.05, 0.1) is 13.7 Å². The summed E-state index contributed by atoms with van der Waals surface area (Å²) in [5.74, 6) is 0.749. The van der Waals surface area contributed by atoms with Crippen molar-refractivity contribution in [2.45, 2.75) is 6.92 Å². The molecular weight excluding hydrogens is 230 g/mol. The van der Waals surface area contributed by atoms with Gasteiger partial charge in [-0.3, -0.25) is 4.79 Å². The SMILES string of the molecule is CCN(CC(=O)N(C)C)c1cc(N)cc(OC)c1. The second kappa shape index (κ2) is 6.14. The van der Waals surface area contributed by atoms with Crippen LogP contribution < -0.4 is 15.4 Å². The van der Waals surface area contributed by atoms with Crippen molar-refractivity contribution in [3.05, 3.63) is 18.2 Å². The van der Waals surface area contributed by atoms with E-state index in [1.165, 1.54) is 0 Å². The third kappa shape index (κ3) is 3.55. The topological polar surface area (TPSA) is 58.8 Å². The fourth-order valence-electron chi connectivity index (χ4n) is 1.60. The lowest BCUT2D eigenvalue weighted by Gasteiger charge is -2.24. The van der Waals surface area contributed by atoms with Crippen LogP contribution in [0, 0.1) is 0 Å². The molecule has 1 aromatic carbocycles. The van der Waals surface area contributed by atoms with Crippen LogP contribution in [0.3, 0.4) is 0 Å². The Labute approximate surface area is 108 Å². The van der Waals surface area contributed by atoms with Crippen LogP contribution in [0.4, 0.5) is 11.4 Å². The highest BCUT2D eigenvalue weighted by Crippen LogP contribution is 2.25. The summed E-state index contributed by atoms with van der Waals surface area (Å²) in [6.07, 6.45) is 0. The van der Waals surface area contributed by atoms with E-state index in [0.717, 1.165) is 12.2 Å². The first-order valence-corrected chi connectivity index (χ1v) is 5.87. The van der Waals surface area contributed by atoms with Crippen LogP contribution in [-0.2, 0) is 4.79 Å². The number of ether oxygens (including phenoxy) is 1. The standard InChI is InChI=1S/C13H21N3O2/c1-5-16(9-13(17)15(2)3)11-6-10(14)7-12(8-11)18-4/h6-8H,5,9,14H2,1-4H3. The van der Waals surface area contributed by atoms with Crippen LogP contribution in [0.25, 0.3) is 0 Å². The normalized spacial score (nSPS) is 10.0. The molecule has 0 radical (unpaired) electrons. The molecule has 0 aliphatic carbocycles. The van der Waals surface area contributed by atoms with Crippen molar-refractivity contribution in [2.75, 3.05) is 44.9 Å². The van der Waals surface area contributed by atoms with Gasteiger partial charge in [-0.1, -0.05) is 0 Å². The molecule has 2 N–H and O–H groups in total. The molecule has 0 saturated heterocycles. The molecule has 0 spiro atoms. The average Bonchev–Trinajstić information content (AvgIpc) is 2.34. The summed E-state index contributed by atoms with van der Waals surface area (Å²) in [6.45, 7) is 3.06. The predicted octanol–water partition coefficient (Wildman–Crippen LogP) is 1.19. The summed E-state index contributed by atoms with van der Waals surface area (Å²) in [5, 5.41) is 0. The molecule has 5 nitrogen and oxygen atoms in total. The third-order valence-electron chi connectivity index (χ3n) is 2.72. The van der Waals surface area contributed by atoms with Gasteiger partial charge in [0.1, 0.15) is 5.75 Å². The number of hydrogen-bond donors (Lipinski definition) is 1. The number of anilines is 2. The third-order valence-corrected chi connectivity index (χ3v) is 2.72. The zero-order chi connectivity index (χ0) is 13.7. The number of nitrogens with zero attached hydrogens (tertiary/aromatic N) is 2. The Hall–Kier alpha value is -1.91. The zero-order valence-corrected chi connectivity index (χ0v) is 11.4. The van der Waals surface area contributed by atoms with Gasteiger partial charge in [0.15, 0.2) is 0 Å². The summed E-state index contributed by atoms with van der Waals surface area (Å²) in [5.41, 5.74) is 7.33. The van der Waals surface area contributed by atoms with Crippen LogP contribution in [-0.4, -0.2) is 45.1 Å². The van der Waals surface area contributed by atoms with Crippen molar-refractivity contribution in [1.29, 1.82) is 0 Å². The van der Waals surface area contributed by atoms with E-state index >= 15 is 0 Å². The van der Waals surface area contributed by atoms with Gasteiger partial charge >= 0.3 is 0 Å². The Morgan fingerprint density at radius 3 is 2.50 bits per heavy atom. The monoisotopic (exact) mass is 251 g/mol. The van der Waals surface area contributed by atoms with Gasteiger partial charge in [-0.05, 0) is 13.0 Å². The molecule has 18 heavy (non-hydrogen) atoms. The van der Waals surface area contributed by atoms with Crippen molar-refractivity contribution in [3.63, 3.8) is 0 Å². The molecule has 0 aliphatic rings. The molecule has 100 valence electrons. The number of nitrogen functional groups attached to an aromatic ring is 1. The molecule has 1 aromatic rings. The number of methoxy groups -OCH3 is 1. The maximum Gasteiger partial charge on any atom is 0.241 e. The summed E-state index contributed by atoms with van der Waals surface area (Å²) < 4.78 is 5.18. The maximum absolute atomic E-state index is 11.7. The van der Waals surface area contributed by atoms with Gasteiger partial charge < -0.3 is 20.3 Å². The maximum atomic E-state index is 11.7. The van der Waals surface area contributed by atoms with E-state index in [2.05, 4.69) is 0 Å². The predicted molar refractivity (Wildman–Crippen MR) is 74.0 cm³/mol. The Kier molecular flexibility index (Phi) is 4.83. The first-order valence-electron chi connectivity index (χ1n) is 5.87. The molecule has 0 aromatic heterocycles. The van der Waals surface area contributed by atoms with Crippen LogP contribution in [0.5, 0.6) is 5.75 Å². The number of benzene rings is 1. The molecule has 1 amide bonds. The van der Waals surface area contributed by atoms with E-state index in [1.54, 1.807) is 32.2 Å². The smallest absolute Gasteiger partial charge is 0.241 e. The second-order valence-corrected chi connectivity index (χ2v) is 4.27. The molecular formula is C13H21N3O2.